The van der Waals surface area contributed by atoms with Crippen LogP contribution in [0.3, 0.4) is 0 Å². The minimum absolute atomic E-state index is 0.140. The van der Waals surface area contributed by atoms with Crippen LogP contribution in [0.4, 0.5) is 11.4 Å². The minimum atomic E-state index is -3.82. The zero-order valence-corrected chi connectivity index (χ0v) is 17.5. The Kier molecular flexibility index (Phi) is 7.35. The molecule has 29 heavy (non-hydrogen) atoms. The number of hydrogen-bond acceptors (Lipinski definition) is 6. The van der Waals surface area contributed by atoms with E-state index in [4.69, 9.17) is 4.74 Å². The van der Waals surface area contributed by atoms with Gasteiger partial charge in [0.2, 0.25) is 10.0 Å². The molecule has 0 heterocycles. The van der Waals surface area contributed by atoms with E-state index in [2.05, 4.69) is 11.3 Å². The molecule has 0 aliphatic carbocycles. The van der Waals surface area contributed by atoms with Gasteiger partial charge >= 0.3 is 0 Å². The molecular weight excluding hydrogens is 394 g/mol. The number of sulfonamides is 1. The molecule has 0 unspecified atom stereocenters. The number of nitro benzene ring substituents is 1. The van der Waals surface area contributed by atoms with Crippen molar-refractivity contribution in [2.45, 2.75) is 31.3 Å². The quantitative estimate of drug-likeness (QED) is 0.359. The van der Waals surface area contributed by atoms with Gasteiger partial charge in [0.15, 0.2) is 0 Å². The highest BCUT2D eigenvalue weighted by Crippen LogP contribution is 2.31. The highest BCUT2D eigenvalue weighted by Gasteiger charge is 2.23. The number of hydrogen-bond donors (Lipinski definition) is 1. The molecule has 0 saturated carbocycles. The number of rotatable bonds is 10. The van der Waals surface area contributed by atoms with Gasteiger partial charge in [-0.15, -0.1) is 0 Å². The normalized spacial score (nSPS) is 11.3. The molecule has 0 radical (unpaired) electrons. The lowest BCUT2D eigenvalue weighted by Crippen LogP contribution is -2.30. The van der Waals surface area contributed by atoms with Crippen molar-refractivity contribution < 1.29 is 18.1 Å². The molecule has 1 N–H and O–H groups in total. The molecule has 156 valence electrons. The Labute approximate surface area is 171 Å². The van der Waals surface area contributed by atoms with Crippen molar-refractivity contribution >= 4 is 21.4 Å². The zero-order valence-electron chi connectivity index (χ0n) is 16.7. The molecule has 0 saturated heterocycles. The van der Waals surface area contributed by atoms with Crippen LogP contribution in [0.5, 0.6) is 5.75 Å². The number of anilines is 1. The molecule has 2 aromatic carbocycles. The van der Waals surface area contributed by atoms with Crippen molar-refractivity contribution in [3.63, 3.8) is 0 Å². The molecule has 0 aliphatic heterocycles. The predicted octanol–water partition coefficient (Wildman–Crippen LogP) is 3.48. The van der Waals surface area contributed by atoms with Crippen LogP contribution in [0.25, 0.3) is 0 Å². The average Bonchev–Trinajstić information content (AvgIpc) is 2.65. The summed E-state index contributed by atoms with van der Waals surface area (Å²) >= 11 is 0. The summed E-state index contributed by atoms with van der Waals surface area (Å²) in [5.41, 5.74) is 0.974. The van der Waals surface area contributed by atoms with Crippen molar-refractivity contribution in [2.75, 3.05) is 18.6 Å². The molecule has 8 nitrogen and oxygen atoms in total. The van der Waals surface area contributed by atoms with Crippen LogP contribution in [-0.2, 0) is 16.6 Å². The lowest BCUT2D eigenvalue weighted by Gasteiger charge is -2.20. The topological polar surface area (TPSA) is 102 Å². The lowest BCUT2D eigenvalue weighted by molar-refractivity contribution is -0.384. The summed E-state index contributed by atoms with van der Waals surface area (Å²) in [6.07, 6.45) is 1.65. The van der Waals surface area contributed by atoms with E-state index in [1.807, 2.05) is 24.3 Å². The van der Waals surface area contributed by atoms with Gasteiger partial charge < -0.3 is 9.64 Å². The molecule has 9 heteroatoms. The Morgan fingerprint density at radius 1 is 1.24 bits per heavy atom. The van der Waals surface area contributed by atoms with E-state index in [0.717, 1.165) is 11.6 Å². The van der Waals surface area contributed by atoms with E-state index in [-0.39, 0.29) is 16.6 Å². The second-order valence-corrected chi connectivity index (χ2v) is 8.50. The van der Waals surface area contributed by atoms with E-state index < -0.39 is 14.9 Å². The molecule has 0 spiro atoms. The van der Waals surface area contributed by atoms with Gasteiger partial charge in [-0.3, -0.25) is 10.1 Å². The third-order valence-corrected chi connectivity index (χ3v) is 5.62. The Hall–Kier alpha value is -2.91. The number of ether oxygens (including phenoxy) is 1. The Balaban J connectivity index is 2.26. The first-order valence-corrected chi connectivity index (χ1v) is 10.5. The highest BCUT2D eigenvalue weighted by atomic mass is 32.2. The minimum Gasteiger partial charge on any atom is -0.490 e. The molecule has 0 aliphatic rings. The van der Waals surface area contributed by atoms with Crippen LogP contribution in [-0.4, -0.2) is 33.0 Å². The van der Waals surface area contributed by atoms with Gasteiger partial charge in [-0.05, 0) is 43.7 Å². The van der Waals surface area contributed by atoms with Gasteiger partial charge in [-0.25, -0.2) is 13.1 Å². The molecule has 2 aromatic rings. The third kappa shape index (κ3) is 6.03. The van der Waals surface area contributed by atoms with Crippen LogP contribution in [0.15, 0.2) is 60.0 Å². The van der Waals surface area contributed by atoms with Gasteiger partial charge in [-0.2, -0.15) is 0 Å². The van der Waals surface area contributed by atoms with Gasteiger partial charge in [0, 0.05) is 25.7 Å². The monoisotopic (exact) mass is 419 g/mol. The molecule has 0 amide bonds. The maximum atomic E-state index is 12.3. The van der Waals surface area contributed by atoms with E-state index in [9.17, 15) is 18.5 Å². The average molecular weight is 420 g/mol. The fraction of sp³-hybridized carbons (Fsp3) is 0.300. The Bertz CT molecular complexity index is 972. The summed E-state index contributed by atoms with van der Waals surface area (Å²) in [5.74, 6) is 0.703. The van der Waals surface area contributed by atoms with Crippen LogP contribution in [0, 0.1) is 10.1 Å². The number of benzene rings is 2. The van der Waals surface area contributed by atoms with Gasteiger partial charge in [0.05, 0.1) is 9.82 Å². The van der Waals surface area contributed by atoms with Crippen molar-refractivity contribution in [2.24, 2.45) is 0 Å². The smallest absolute Gasteiger partial charge is 0.293 e. The van der Waals surface area contributed by atoms with Crippen LogP contribution in [0.2, 0.25) is 0 Å². The molecule has 0 atom stereocenters. The first-order valence-electron chi connectivity index (χ1n) is 8.98. The van der Waals surface area contributed by atoms with E-state index in [1.165, 1.54) is 12.1 Å². The lowest BCUT2D eigenvalue weighted by atomic mass is 10.2. The van der Waals surface area contributed by atoms with E-state index in [1.54, 1.807) is 31.9 Å². The van der Waals surface area contributed by atoms with Crippen LogP contribution in [0.1, 0.15) is 19.4 Å². The third-order valence-electron chi connectivity index (χ3n) is 3.97. The summed E-state index contributed by atoms with van der Waals surface area (Å²) in [6.45, 7) is 7.77. The van der Waals surface area contributed by atoms with Crippen LogP contribution < -0.4 is 14.4 Å². The highest BCUT2D eigenvalue weighted by molar-refractivity contribution is 7.89. The molecule has 0 aromatic heterocycles. The first-order chi connectivity index (χ1) is 13.6. The molecule has 2 rings (SSSR count). The van der Waals surface area contributed by atoms with Crippen molar-refractivity contribution in [3.8, 4) is 5.75 Å². The second-order valence-electron chi connectivity index (χ2n) is 6.78. The summed E-state index contributed by atoms with van der Waals surface area (Å²) < 4.78 is 32.5. The second kappa shape index (κ2) is 9.53. The summed E-state index contributed by atoms with van der Waals surface area (Å²) in [5, 5.41) is 11.6. The SMILES string of the molecule is C=CCOc1ccc(CN(C)c2ccc(S(=O)(=O)NC(C)C)cc2[N+](=O)[O-])cc1. The fourth-order valence-electron chi connectivity index (χ4n) is 2.72. The van der Waals surface area contributed by atoms with Crippen LogP contribution >= 0.6 is 0 Å². The van der Waals surface area contributed by atoms with Crippen molar-refractivity contribution in [1.29, 1.82) is 0 Å². The van der Waals surface area contributed by atoms with Crippen molar-refractivity contribution in [3.05, 3.63) is 70.8 Å². The van der Waals surface area contributed by atoms with E-state index in [0.29, 0.717) is 24.6 Å². The maximum absolute atomic E-state index is 12.3. The summed E-state index contributed by atoms with van der Waals surface area (Å²) in [6, 6.07) is 11.0. The summed E-state index contributed by atoms with van der Waals surface area (Å²) in [4.78, 5) is 12.5. The number of nitrogens with one attached hydrogen (secondary N) is 1. The van der Waals surface area contributed by atoms with Gasteiger partial charge in [-0.1, -0.05) is 24.8 Å². The Morgan fingerprint density at radius 3 is 2.45 bits per heavy atom. The van der Waals surface area contributed by atoms with E-state index >= 15 is 0 Å². The first kappa shape index (κ1) is 22.4. The van der Waals surface area contributed by atoms with Gasteiger partial charge in [0.1, 0.15) is 18.0 Å². The zero-order chi connectivity index (χ0) is 21.6. The standard InChI is InChI=1S/C20H25N3O5S/c1-5-12-28-17-8-6-16(7-9-17)14-22(4)19-11-10-18(13-20(19)23(24)25)29(26,27)21-15(2)3/h5-11,13,15,21H,1,12,14H2,2-4H3. The Morgan fingerprint density at radius 2 is 1.90 bits per heavy atom. The summed E-state index contributed by atoms with van der Waals surface area (Å²) in [7, 11) is -2.11. The molecular formula is C20H25N3O5S. The largest absolute Gasteiger partial charge is 0.490 e. The van der Waals surface area contributed by atoms with Gasteiger partial charge in [0.25, 0.3) is 5.69 Å². The predicted molar refractivity (Wildman–Crippen MR) is 113 cm³/mol. The molecule has 0 bridgehead atoms. The fourth-order valence-corrected chi connectivity index (χ4v) is 3.99. The number of nitro groups is 1. The number of nitrogens with zero attached hydrogens (tertiary/aromatic N) is 2. The molecule has 0 fully saturated rings. The maximum Gasteiger partial charge on any atom is 0.293 e. The van der Waals surface area contributed by atoms with Crippen molar-refractivity contribution in [1.82, 2.24) is 4.72 Å².